The minimum absolute atomic E-state index is 0.519. The number of allylic oxidation sites excluding steroid dienone is 2. The summed E-state index contributed by atoms with van der Waals surface area (Å²) in [6, 6.07) is 0. The molecule has 0 rings (SSSR count). The Morgan fingerprint density at radius 1 is 0.750 bits per heavy atom. The van der Waals surface area contributed by atoms with Crippen LogP contribution in [0.15, 0.2) is 12.2 Å². The zero-order valence-electron chi connectivity index (χ0n) is 3.82. The molecular formula is C4H4Cl4. The molecule has 4 heteroatoms. The molecule has 0 aliphatic heterocycles. The molecule has 0 saturated heterocycles. The van der Waals surface area contributed by atoms with E-state index >= 15 is 0 Å². The quantitative estimate of drug-likeness (QED) is 0.467. The molecule has 0 atom stereocenters. The molecule has 0 aliphatic rings. The highest BCUT2D eigenvalue weighted by atomic mass is 35.5. The van der Waals surface area contributed by atoms with Gasteiger partial charge in [0.25, 0.3) is 0 Å². The number of alkyl halides is 4. The maximum atomic E-state index is 5.28. The van der Waals surface area contributed by atoms with E-state index in [9.17, 15) is 0 Å². The zero-order chi connectivity index (χ0) is 6.57. The minimum atomic E-state index is -0.519. The fraction of sp³-hybridized carbons (Fsp3) is 0.500. The van der Waals surface area contributed by atoms with Crippen LogP contribution in [-0.4, -0.2) is 9.67 Å². The maximum Gasteiger partial charge on any atom is 0.126 e. The summed E-state index contributed by atoms with van der Waals surface area (Å²) in [6.07, 6.45) is 3.02. The lowest BCUT2D eigenvalue weighted by Crippen LogP contribution is -1.80. The number of halogens is 4. The summed E-state index contributed by atoms with van der Waals surface area (Å²) < 4.78 is 0. The van der Waals surface area contributed by atoms with Crippen LogP contribution in [-0.2, 0) is 0 Å². The fourth-order valence-corrected chi connectivity index (χ4v) is 0.504. The zero-order valence-corrected chi connectivity index (χ0v) is 6.84. The van der Waals surface area contributed by atoms with Crippen LogP contribution in [0, 0.1) is 0 Å². The molecule has 0 aromatic heterocycles. The first kappa shape index (κ1) is 8.90. The molecule has 0 saturated carbocycles. The molecule has 0 spiro atoms. The summed E-state index contributed by atoms with van der Waals surface area (Å²) >= 11 is 21.1. The first-order valence-corrected chi connectivity index (χ1v) is 3.62. The van der Waals surface area contributed by atoms with Gasteiger partial charge in [0.05, 0.1) is 0 Å². The SMILES string of the molecule is ClC(Cl)/C=C\C(Cl)Cl. The van der Waals surface area contributed by atoms with Crippen LogP contribution in [0.4, 0.5) is 0 Å². The maximum absolute atomic E-state index is 5.28. The third-order valence-electron chi connectivity index (χ3n) is 0.402. The molecule has 0 radical (unpaired) electrons. The Balaban J connectivity index is 3.34. The molecule has 0 aromatic carbocycles. The van der Waals surface area contributed by atoms with E-state index in [-0.39, 0.29) is 0 Å². The van der Waals surface area contributed by atoms with Crippen molar-refractivity contribution in [2.24, 2.45) is 0 Å². The van der Waals surface area contributed by atoms with Crippen molar-refractivity contribution in [1.29, 1.82) is 0 Å². The Hall–Kier alpha value is 0.900. The summed E-state index contributed by atoms with van der Waals surface area (Å²) in [6.45, 7) is 0. The van der Waals surface area contributed by atoms with E-state index in [0.29, 0.717) is 0 Å². The summed E-state index contributed by atoms with van der Waals surface area (Å²) in [7, 11) is 0. The van der Waals surface area contributed by atoms with Crippen molar-refractivity contribution >= 4 is 46.4 Å². The Kier molecular flexibility index (Phi) is 5.28. The highest BCUT2D eigenvalue weighted by Crippen LogP contribution is 2.08. The van der Waals surface area contributed by atoms with Crippen LogP contribution in [0.5, 0.6) is 0 Å². The molecule has 0 N–H and O–H groups in total. The smallest absolute Gasteiger partial charge is 0.101 e. The van der Waals surface area contributed by atoms with Gasteiger partial charge in [0.1, 0.15) is 9.67 Å². The van der Waals surface area contributed by atoms with Gasteiger partial charge in [-0.1, -0.05) is 12.2 Å². The second-order valence-electron chi connectivity index (χ2n) is 1.05. The van der Waals surface area contributed by atoms with Gasteiger partial charge < -0.3 is 0 Å². The van der Waals surface area contributed by atoms with Gasteiger partial charge in [0.2, 0.25) is 0 Å². The summed E-state index contributed by atoms with van der Waals surface area (Å²) in [5, 5.41) is 0. The van der Waals surface area contributed by atoms with Gasteiger partial charge in [0.15, 0.2) is 0 Å². The largest absolute Gasteiger partial charge is 0.126 e. The predicted molar refractivity (Wildman–Crippen MR) is 40.1 cm³/mol. The Morgan fingerprint density at radius 3 is 1.12 bits per heavy atom. The Labute approximate surface area is 68.4 Å². The summed E-state index contributed by atoms with van der Waals surface area (Å²) in [5.74, 6) is 0. The molecule has 0 unspecified atom stereocenters. The van der Waals surface area contributed by atoms with Crippen molar-refractivity contribution in [2.45, 2.75) is 9.67 Å². The monoisotopic (exact) mass is 192 g/mol. The molecule has 0 bridgehead atoms. The minimum Gasteiger partial charge on any atom is -0.101 e. The first-order valence-electron chi connectivity index (χ1n) is 1.87. The van der Waals surface area contributed by atoms with E-state index in [4.69, 9.17) is 46.4 Å². The standard InChI is InChI=1S/C4H4Cl4/c5-3(6)1-2-4(7)8/h1-4H/b2-1-. The average molecular weight is 194 g/mol. The summed E-state index contributed by atoms with van der Waals surface area (Å²) in [4.78, 5) is -1.04. The van der Waals surface area contributed by atoms with Gasteiger partial charge in [0, 0.05) is 0 Å². The van der Waals surface area contributed by atoms with E-state index in [0.717, 1.165) is 0 Å². The molecular weight excluding hydrogens is 190 g/mol. The van der Waals surface area contributed by atoms with Crippen LogP contribution in [0.2, 0.25) is 0 Å². The van der Waals surface area contributed by atoms with Crippen molar-refractivity contribution in [3.05, 3.63) is 12.2 Å². The average Bonchev–Trinajstić information content (AvgIpc) is 1.61. The van der Waals surface area contributed by atoms with Crippen LogP contribution in [0.1, 0.15) is 0 Å². The summed E-state index contributed by atoms with van der Waals surface area (Å²) in [5.41, 5.74) is 0. The molecule has 0 nitrogen and oxygen atoms in total. The van der Waals surface area contributed by atoms with Crippen LogP contribution in [0.25, 0.3) is 0 Å². The molecule has 48 valence electrons. The van der Waals surface area contributed by atoms with E-state index < -0.39 is 9.67 Å². The second kappa shape index (κ2) is 4.75. The predicted octanol–water partition coefficient (Wildman–Crippen LogP) is 3.15. The lowest BCUT2D eigenvalue weighted by molar-refractivity contribution is 1.50. The van der Waals surface area contributed by atoms with Gasteiger partial charge in [-0.2, -0.15) is 0 Å². The van der Waals surface area contributed by atoms with E-state index in [1.165, 1.54) is 12.2 Å². The van der Waals surface area contributed by atoms with E-state index in [2.05, 4.69) is 0 Å². The lowest BCUT2D eigenvalue weighted by Gasteiger charge is -1.88. The third-order valence-corrected chi connectivity index (χ3v) is 0.984. The molecule has 8 heavy (non-hydrogen) atoms. The van der Waals surface area contributed by atoms with Gasteiger partial charge >= 0.3 is 0 Å². The van der Waals surface area contributed by atoms with Gasteiger partial charge in [-0.05, 0) is 0 Å². The van der Waals surface area contributed by atoms with Crippen LogP contribution >= 0.6 is 46.4 Å². The lowest BCUT2D eigenvalue weighted by atomic mass is 10.6. The molecule has 0 heterocycles. The van der Waals surface area contributed by atoms with E-state index in [1.54, 1.807) is 0 Å². The van der Waals surface area contributed by atoms with Gasteiger partial charge in [-0.3, -0.25) is 0 Å². The van der Waals surface area contributed by atoms with Crippen LogP contribution < -0.4 is 0 Å². The third kappa shape index (κ3) is 6.90. The fourth-order valence-electron chi connectivity index (χ4n) is 0.168. The molecule has 0 amide bonds. The molecule has 0 fully saturated rings. The van der Waals surface area contributed by atoms with Crippen molar-refractivity contribution in [1.82, 2.24) is 0 Å². The van der Waals surface area contributed by atoms with Crippen LogP contribution in [0.3, 0.4) is 0 Å². The van der Waals surface area contributed by atoms with Crippen molar-refractivity contribution in [2.75, 3.05) is 0 Å². The van der Waals surface area contributed by atoms with Crippen molar-refractivity contribution < 1.29 is 0 Å². The second-order valence-corrected chi connectivity index (χ2v) is 3.38. The molecule has 0 aliphatic carbocycles. The topological polar surface area (TPSA) is 0 Å². The Morgan fingerprint density at radius 2 is 1.00 bits per heavy atom. The van der Waals surface area contributed by atoms with Crippen molar-refractivity contribution in [3.63, 3.8) is 0 Å². The number of hydrogen-bond donors (Lipinski definition) is 0. The first-order chi connectivity index (χ1) is 3.63. The number of rotatable bonds is 2. The normalized spacial score (nSPS) is 12.2. The van der Waals surface area contributed by atoms with Gasteiger partial charge in [-0.25, -0.2) is 0 Å². The highest BCUT2D eigenvalue weighted by molar-refractivity contribution is 6.47. The molecule has 0 aromatic rings. The van der Waals surface area contributed by atoms with E-state index in [1.807, 2.05) is 0 Å². The van der Waals surface area contributed by atoms with Crippen molar-refractivity contribution in [3.8, 4) is 0 Å². The Bertz CT molecular complexity index is 66.1. The number of hydrogen-bond acceptors (Lipinski definition) is 0. The van der Waals surface area contributed by atoms with Gasteiger partial charge in [-0.15, -0.1) is 46.4 Å². The highest BCUT2D eigenvalue weighted by Gasteiger charge is 1.92.